The average Bonchev–Trinajstić information content (AvgIpc) is 3.89. The Labute approximate surface area is 304 Å². The Hall–Kier alpha value is -7.31. The third kappa shape index (κ3) is 4.42. The fourth-order valence-electron chi connectivity index (χ4n) is 8.01. The van der Waals surface area contributed by atoms with Crippen molar-refractivity contribution >= 4 is 54.8 Å². The minimum absolute atomic E-state index is 0.623. The Bertz CT molecular complexity index is 3140. The van der Waals surface area contributed by atoms with Gasteiger partial charge in [0.1, 0.15) is 11.2 Å². The normalized spacial score (nSPS) is 11.8. The van der Waals surface area contributed by atoms with E-state index in [0.717, 1.165) is 72.5 Å². The summed E-state index contributed by atoms with van der Waals surface area (Å²) in [4.78, 5) is 16.0. The van der Waals surface area contributed by atoms with Crippen LogP contribution in [0.5, 0.6) is 0 Å². The van der Waals surface area contributed by atoms with Gasteiger partial charge in [0.05, 0.1) is 22.1 Å². The molecule has 0 unspecified atom stereocenters. The Morgan fingerprint density at radius 1 is 0.321 bits per heavy atom. The van der Waals surface area contributed by atoms with Gasteiger partial charge in [0.25, 0.3) is 0 Å². The zero-order valence-corrected chi connectivity index (χ0v) is 28.5. The van der Waals surface area contributed by atoms with Crippen LogP contribution in [0.3, 0.4) is 0 Å². The van der Waals surface area contributed by atoms with Crippen LogP contribution in [0.15, 0.2) is 182 Å². The second kappa shape index (κ2) is 11.6. The predicted molar refractivity (Wildman–Crippen MR) is 216 cm³/mol. The molecule has 0 saturated carbocycles. The van der Waals surface area contributed by atoms with Gasteiger partial charge in [0.2, 0.25) is 5.95 Å². The molecule has 0 aliphatic rings. The maximum Gasteiger partial charge on any atom is 0.222 e. The molecular formula is C47H30N6. The second-order valence-electron chi connectivity index (χ2n) is 13.3. The van der Waals surface area contributed by atoms with Crippen LogP contribution < -0.4 is 0 Å². The molecule has 0 atom stereocenters. The lowest BCUT2D eigenvalue weighted by molar-refractivity contribution is 0.955. The first kappa shape index (κ1) is 29.4. The minimum atomic E-state index is 0.623. The minimum Gasteiger partial charge on any atom is -0.307 e. The zero-order chi connectivity index (χ0) is 34.9. The molecule has 0 aliphatic carbocycles. The first-order valence-corrected chi connectivity index (χ1v) is 17.8. The molecule has 4 aromatic heterocycles. The first-order chi connectivity index (χ1) is 26.3. The number of benzene rings is 7. The summed E-state index contributed by atoms with van der Waals surface area (Å²) in [6, 6.07) is 63.5. The van der Waals surface area contributed by atoms with Gasteiger partial charge >= 0.3 is 0 Å². The molecule has 248 valence electrons. The highest BCUT2D eigenvalue weighted by Crippen LogP contribution is 2.43. The Balaban J connectivity index is 1.36. The molecule has 0 radical (unpaired) electrons. The summed E-state index contributed by atoms with van der Waals surface area (Å²) in [7, 11) is 0. The Kier molecular flexibility index (Phi) is 6.45. The molecule has 11 rings (SSSR count). The summed E-state index contributed by atoms with van der Waals surface area (Å²) in [5, 5.41) is 4.69. The van der Waals surface area contributed by atoms with Crippen LogP contribution in [-0.4, -0.2) is 28.7 Å². The number of para-hydroxylation sites is 4. The van der Waals surface area contributed by atoms with Gasteiger partial charge in [-0.25, -0.2) is 9.97 Å². The van der Waals surface area contributed by atoms with Gasteiger partial charge < -0.3 is 4.57 Å². The van der Waals surface area contributed by atoms with E-state index in [4.69, 9.17) is 15.0 Å². The van der Waals surface area contributed by atoms with Crippen molar-refractivity contribution in [1.82, 2.24) is 28.7 Å². The highest BCUT2D eigenvalue weighted by molar-refractivity contribution is 6.23. The van der Waals surface area contributed by atoms with Gasteiger partial charge in [-0.1, -0.05) is 146 Å². The van der Waals surface area contributed by atoms with Crippen LogP contribution in [-0.2, 0) is 0 Å². The van der Waals surface area contributed by atoms with Crippen molar-refractivity contribution in [3.8, 4) is 40.0 Å². The monoisotopic (exact) mass is 678 g/mol. The van der Waals surface area contributed by atoms with Crippen molar-refractivity contribution in [2.24, 2.45) is 0 Å². The SMILES string of the molecule is c1ccc(-c2nc(-c3ccccc3)c3c(n2)nc(-n2c4ccccc4c4ccc5c6ccccc6n(-c6ccccc6)c5c42)n3-c2ccccc2)cc1. The van der Waals surface area contributed by atoms with Gasteiger partial charge in [-0.15, -0.1) is 0 Å². The van der Waals surface area contributed by atoms with E-state index in [0.29, 0.717) is 11.5 Å². The fraction of sp³-hybridized carbons (Fsp3) is 0. The molecule has 0 spiro atoms. The molecule has 6 heteroatoms. The van der Waals surface area contributed by atoms with Crippen LogP contribution in [0.4, 0.5) is 0 Å². The summed E-state index contributed by atoms with van der Waals surface area (Å²) in [6.07, 6.45) is 0. The van der Waals surface area contributed by atoms with E-state index in [9.17, 15) is 0 Å². The van der Waals surface area contributed by atoms with E-state index in [1.807, 2.05) is 30.3 Å². The van der Waals surface area contributed by atoms with Crippen LogP contribution in [0, 0.1) is 0 Å². The summed E-state index contributed by atoms with van der Waals surface area (Å²) in [6.45, 7) is 0. The van der Waals surface area contributed by atoms with Gasteiger partial charge in [0.15, 0.2) is 11.5 Å². The van der Waals surface area contributed by atoms with E-state index in [-0.39, 0.29) is 0 Å². The fourth-order valence-corrected chi connectivity index (χ4v) is 8.01. The lowest BCUT2D eigenvalue weighted by Gasteiger charge is -2.15. The van der Waals surface area contributed by atoms with Gasteiger partial charge in [-0.3, -0.25) is 9.13 Å². The second-order valence-corrected chi connectivity index (χ2v) is 13.3. The Morgan fingerprint density at radius 3 is 1.40 bits per heavy atom. The molecule has 7 aromatic carbocycles. The van der Waals surface area contributed by atoms with Gasteiger partial charge in [-0.05, 0) is 36.4 Å². The maximum atomic E-state index is 5.53. The number of hydrogen-bond acceptors (Lipinski definition) is 3. The maximum absolute atomic E-state index is 5.53. The van der Waals surface area contributed by atoms with Gasteiger partial charge in [-0.2, -0.15) is 4.98 Å². The standard InChI is InChI=1S/C47H30N6/c1-5-17-31(18-6-1)41-44-46(49-45(48-41)32-19-7-2-8-20-32)50-47(52(44)34-23-11-4-12-24-34)53-40-28-16-14-26-36(40)38-30-29-37-35-25-13-15-27-39(35)51(42(37)43(38)53)33-21-9-3-10-22-33/h1-30H. The number of rotatable bonds is 5. The zero-order valence-electron chi connectivity index (χ0n) is 28.5. The van der Waals surface area contributed by atoms with Crippen molar-refractivity contribution in [3.63, 3.8) is 0 Å². The highest BCUT2D eigenvalue weighted by atomic mass is 15.3. The number of fused-ring (bicyclic) bond motifs is 8. The van der Waals surface area contributed by atoms with Crippen molar-refractivity contribution in [2.75, 3.05) is 0 Å². The smallest absolute Gasteiger partial charge is 0.222 e. The third-order valence-corrected chi connectivity index (χ3v) is 10.3. The first-order valence-electron chi connectivity index (χ1n) is 17.8. The van der Waals surface area contributed by atoms with E-state index >= 15 is 0 Å². The van der Waals surface area contributed by atoms with Crippen molar-refractivity contribution in [1.29, 1.82) is 0 Å². The number of nitrogens with zero attached hydrogens (tertiary/aromatic N) is 6. The lowest BCUT2D eigenvalue weighted by Crippen LogP contribution is -2.07. The van der Waals surface area contributed by atoms with E-state index < -0.39 is 0 Å². The number of imidazole rings is 1. The molecule has 53 heavy (non-hydrogen) atoms. The molecule has 6 nitrogen and oxygen atoms in total. The van der Waals surface area contributed by atoms with E-state index in [1.165, 1.54) is 10.8 Å². The molecule has 0 aliphatic heterocycles. The summed E-state index contributed by atoms with van der Waals surface area (Å²) in [5.41, 5.74) is 10.7. The average molecular weight is 679 g/mol. The molecule has 0 bridgehead atoms. The molecule has 0 saturated heterocycles. The molecular weight excluding hydrogens is 649 g/mol. The van der Waals surface area contributed by atoms with Crippen LogP contribution in [0.2, 0.25) is 0 Å². The molecule has 0 amide bonds. The van der Waals surface area contributed by atoms with Crippen molar-refractivity contribution in [3.05, 3.63) is 182 Å². The van der Waals surface area contributed by atoms with Crippen LogP contribution in [0.1, 0.15) is 0 Å². The van der Waals surface area contributed by atoms with Crippen molar-refractivity contribution in [2.45, 2.75) is 0 Å². The van der Waals surface area contributed by atoms with Crippen molar-refractivity contribution < 1.29 is 0 Å². The molecule has 0 fully saturated rings. The quantitative estimate of drug-likeness (QED) is 0.182. The van der Waals surface area contributed by atoms with E-state index in [1.54, 1.807) is 0 Å². The lowest BCUT2D eigenvalue weighted by atomic mass is 10.1. The van der Waals surface area contributed by atoms with Crippen LogP contribution >= 0.6 is 0 Å². The van der Waals surface area contributed by atoms with Crippen LogP contribution in [0.25, 0.3) is 94.7 Å². The van der Waals surface area contributed by atoms with E-state index in [2.05, 4.69) is 165 Å². The molecule has 4 heterocycles. The summed E-state index contributed by atoms with van der Waals surface area (Å²) >= 11 is 0. The predicted octanol–water partition coefficient (Wildman–Crippen LogP) is 11.3. The third-order valence-electron chi connectivity index (χ3n) is 10.3. The van der Waals surface area contributed by atoms with Gasteiger partial charge in [0, 0.05) is 44.0 Å². The number of hydrogen-bond donors (Lipinski definition) is 0. The number of aromatic nitrogens is 6. The largest absolute Gasteiger partial charge is 0.307 e. The molecule has 0 N–H and O–H groups in total. The topological polar surface area (TPSA) is 53.5 Å². The summed E-state index contributed by atoms with van der Waals surface area (Å²) < 4.78 is 6.99. The highest BCUT2D eigenvalue weighted by Gasteiger charge is 2.27. The Morgan fingerprint density at radius 2 is 0.792 bits per heavy atom. The molecule has 11 aromatic rings. The summed E-state index contributed by atoms with van der Waals surface area (Å²) in [5.74, 6) is 1.38.